The van der Waals surface area contributed by atoms with Gasteiger partial charge in [0.2, 0.25) is 0 Å². The highest BCUT2D eigenvalue weighted by atomic mass is 14.7. The fourth-order valence-corrected chi connectivity index (χ4v) is 0.959. The summed E-state index contributed by atoms with van der Waals surface area (Å²) < 4.78 is 0. The second-order valence-electron chi connectivity index (χ2n) is 5.78. The van der Waals surface area contributed by atoms with Crippen molar-refractivity contribution in [3.8, 4) is 0 Å². The predicted octanol–water partition coefficient (Wildman–Crippen LogP) is 2.84. The molecule has 0 aliphatic rings. The van der Waals surface area contributed by atoms with Crippen molar-refractivity contribution in [2.24, 2.45) is 10.4 Å². The van der Waals surface area contributed by atoms with Crippen LogP contribution >= 0.6 is 0 Å². The molecule has 0 aromatic heterocycles. The van der Waals surface area contributed by atoms with Crippen molar-refractivity contribution in [3.05, 3.63) is 11.8 Å². The highest BCUT2D eigenvalue weighted by Gasteiger charge is 2.07. The summed E-state index contributed by atoms with van der Waals surface area (Å²) in [6.07, 6.45) is 4.19. The van der Waals surface area contributed by atoms with Gasteiger partial charge in [0.25, 0.3) is 0 Å². The molecular formula is C11H22BN. The fraction of sp³-hybridized carbons (Fsp3) is 0.727. The lowest BCUT2D eigenvalue weighted by Crippen LogP contribution is -2.04. The van der Waals surface area contributed by atoms with Crippen molar-refractivity contribution in [3.63, 3.8) is 0 Å². The zero-order valence-electron chi connectivity index (χ0n) is 10.1. The molecule has 0 rings (SSSR count). The number of hydrogen-bond acceptors (Lipinski definition) is 1. The van der Waals surface area contributed by atoms with Crippen LogP contribution in [0.5, 0.6) is 0 Å². The smallest absolute Gasteiger partial charge is 0.115 e. The van der Waals surface area contributed by atoms with Crippen LogP contribution in [0.15, 0.2) is 16.8 Å². The van der Waals surface area contributed by atoms with Gasteiger partial charge < -0.3 is 0 Å². The van der Waals surface area contributed by atoms with Crippen molar-refractivity contribution >= 4 is 14.1 Å². The Morgan fingerprint density at radius 3 is 1.92 bits per heavy atom. The molecule has 0 amide bonds. The van der Waals surface area contributed by atoms with Crippen molar-refractivity contribution in [2.75, 3.05) is 0 Å². The molecule has 74 valence electrons. The summed E-state index contributed by atoms with van der Waals surface area (Å²) >= 11 is 0. The largest absolute Gasteiger partial charge is 0.266 e. The molecular weight excluding hydrogens is 157 g/mol. The minimum atomic E-state index is 0.174. The highest BCUT2D eigenvalue weighted by Crippen LogP contribution is 2.19. The summed E-state index contributed by atoms with van der Waals surface area (Å²) in [5.74, 6) is 0. The molecule has 0 heterocycles. The molecule has 0 bridgehead atoms. The molecule has 0 saturated heterocycles. The maximum atomic E-state index is 4.42. The van der Waals surface area contributed by atoms with Gasteiger partial charge in [-0.25, -0.2) is 0 Å². The molecule has 0 N–H and O–H groups in total. The van der Waals surface area contributed by atoms with Gasteiger partial charge in [-0.15, -0.1) is 0 Å². The molecule has 0 aromatic carbocycles. The van der Waals surface area contributed by atoms with E-state index in [1.807, 2.05) is 13.1 Å². The summed E-state index contributed by atoms with van der Waals surface area (Å²) in [4.78, 5) is 4.42. The van der Waals surface area contributed by atoms with Gasteiger partial charge in [0.05, 0.1) is 0 Å². The van der Waals surface area contributed by atoms with E-state index in [1.165, 1.54) is 0 Å². The Bertz CT molecular complexity index is 213. The van der Waals surface area contributed by atoms with E-state index in [9.17, 15) is 0 Å². The van der Waals surface area contributed by atoms with Crippen LogP contribution in [0.25, 0.3) is 0 Å². The normalized spacial score (nSPS) is 15.4. The number of rotatable bonds is 2. The Morgan fingerprint density at radius 1 is 1.15 bits per heavy atom. The Balaban J connectivity index is 4.40. The van der Waals surface area contributed by atoms with E-state index in [1.54, 1.807) is 0 Å². The average Bonchev–Trinajstić information content (AvgIpc) is 1.78. The van der Waals surface area contributed by atoms with Crippen molar-refractivity contribution in [1.29, 1.82) is 0 Å². The third-order valence-corrected chi connectivity index (χ3v) is 1.30. The van der Waals surface area contributed by atoms with E-state index in [0.717, 1.165) is 5.70 Å². The molecule has 0 unspecified atom stereocenters. The van der Waals surface area contributed by atoms with Crippen LogP contribution in [0, 0.1) is 5.41 Å². The summed E-state index contributed by atoms with van der Waals surface area (Å²) in [7, 11) is 2.15. The molecule has 0 aromatic rings. The molecule has 0 saturated carbocycles. The second-order valence-corrected chi connectivity index (χ2v) is 5.78. The van der Waals surface area contributed by atoms with Crippen LogP contribution in [0.2, 0.25) is 5.31 Å². The number of allylic oxidation sites excluding steroid dienone is 2. The highest BCUT2D eigenvalue weighted by molar-refractivity contribution is 6.24. The summed E-state index contributed by atoms with van der Waals surface area (Å²) in [6, 6.07) is 0. The number of hydrogen-bond donors (Lipinski definition) is 0. The topological polar surface area (TPSA) is 12.4 Å². The van der Waals surface area contributed by atoms with E-state index >= 15 is 0 Å². The molecule has 0 aliphatic heterocycles. The Morgan fingerprint density at radius 2 is 1.62 bits per heavy atom. The lowest BCUT2D eigenvalue weighted by atomic mass is 9.74. The SMILES string of the molecule is BC(C)(C)/C=N\C(C)=C/C(C)(C)C. The fourth-order valence-electron chi connectivity index (χ4n) is 0.959. The van der Waals surface area contributed by atoms with Crippen molar-refractivity contribution in [2.45, 2.75) is 46.9 Å². The van der Waals surface area contributed by atoms with E-state index in [4.69, 9.17) is 0 Å². The predicted molar refractivity (Wildman–Crippen MR) is 64.3 cm³/mol. The first-order chi connectivity index (χ1) is 5.60. The summed E-state index contributed by atoms with van der Waals surface area (Å²) in [6.45, 7) is 12.9. The van der Waals surface area contributed by atoms with E-state index < -0.39 is 0 Å². The lowest BCUT2D eigenvalue weighted by Gasteiger charge is -2.14. The molecule has 13 heavy (non-hydrogen) atoms. The Kier molecular flexibility index (Phi) is 3.96. The van der Waals surface area contributed by atoms with Gasteiger partial charge in [0.15, 0.2) is 0 Å². The van der Waals surface area contributed by atoms with E-state index in [-0.39, 0.29) is 10.7 Å². The second kappa shape index (κ2) is 4.12. The summed E-state index contributed by atoms with van der Waals surface area (Å²) in [5.41, 5.74) is 1.32. The van der Waals surface area contributed by atoms with Crippen LogP contribution in [-0.2, 0) is 0 Å². The molecule has 0 fully saturated rings. The molecule has 0 aliphatic carbocycles. The quantitative estimate of drug-likeness (QED) is 0.456. The van der Waals surface area contributed by atoms with Crippen LogP contribution in [0.4, 0.5) is 0 Å². The number of nitrogens with zero attached hydrogens (tertiary/aromatic N) is 1. The van der Waals surface area contributed by atoms with Gasteiger partial charge in [-0.3, -0.25) is 4.99 Å². The minimum Gasteiger partial charge on any atom is -0.266 e. The average molecular weight is 179 g/mol. The van der Waals surface area contributed by atoms with E-state index in [0.29, 0.717) is 0 Å². The van der Waals surface area contributed by atoms with Crippen LogP contribution in [0.3, 0.4) is 0 Å². The van der Waals surface area contributed by atoms with Gasteiger partial charge in [0, 0.05) is 11.9 Å². The van der Waals surface area contributed by atoms with E-state index in [2.05, 4.69) is 53.5 Å². The zero-order valence-corrected chi connectivity index (χ0v) is 10.1. The van der Waals surface area contributed by atoms with Gasteiger partial charge in [0.1, 0.15) is 7.85 Å². The third-order valence-electron chi connectivity index (χ3n) is 1.30. The van der Waals surface area contributed by atoms with Gasteiger partial charge in [-0.2, -0.15) is 0 Å². The standard InChI is InChI=1S/C11H22BN/c1-9(7-10(2,3)4)13-8-11(5,6)12/h7-8H,12H2,1-6H3/b9-7-,13-8-. The molecule has 0 spiro atoms. The summed E-state index contributed by atoms with van der Waals surface area (Å²) in [5, 5.41) is 0.174. The van der Waals surface area contributed by atoms with Gasteiger partial charge >= 0.3 is 0 Å². The van der Waals surface area contributed by atoms with Gasteiger partial charge in [-0.05, 0) is 17.7 Å². The minimum absolute atomic E-state index is 0.174. The Labute approximate surface area is 83.7 Å². The van der Waals surface area contributed by atoms with Crippen LogP contribution < -0.4 is 0 Å². The molecule has 1 nitrogen and oxygen atoms in total. The lowest BCUT2D eigenvalue weighted by molar-refractivity contribution is 0.539. The van der Waals surface area contributed by atoms with Crippen LogP contribution in [-0.4, -0.2) is 14.1 Å². The maximum absolute atomic E-state index is 4.42. The van der Waals surface area contributed by atoms with Crippen LogP contribution in [0.1, 0.15) is 41.5 Å². The number of aliphatic imine (C=N–C) groups is 1. The van der Waals surface area contributed by atoms with Crippen molar-refractivity contribution < 1.29 is 0 Å². The first-order valence-corrected chi connectivity index (χ1v) is 4.85. The maximum Gasteiger partial charge on any atom is 0.115 e. The first kappa shape index (κ1) is 12.5. The first-order valence-electron chi connectivity index (χ1n) is 4.85. The monoisotopic (exact) mass is 179 g/mol. The third kappa shape index (κ3) is 9.39. The molecule has 0 radical (unpaired) electrons. The van der Waals surface area contributed by atoms with Gasteiger partial charge in [-0.1, -0.05) is 40.7 Å². The Hall–Kier alpha value is -0.525. The molecule has 0 atom stereocenters. The zero-order chi connectivity index (χ0) is 10.7. The van der Waals surface area contributed by atoms with Crippen molar-refractivity contribution in [1.82, 2.24) is 0 Å². The molecule has 2 heteroatoms.